The summed E-state index contributed by atoms with van der Waals surface area (Å²) in [6.45, 7) is 3.93. The van der Waals surface area contributed by atoms with Crippen LogP contribution in [0, 0.1) is 13.8 Å². The van der Waals surface area contributed by atoms with Crippen LogP contribution in [0.25, 0.3) is 0 Å². The van der Waals surface area contributed by atoms with E-state index in [1.807, 2.05) is 20.9 Å². The van der Waals surface area contributed by atoms with Gasteiger partial charge in [0.05, 0.1) is 5.69 Å². The predicted molar refractivity (Wildman–Crippen MR) is 78.8 cm³/mol. The molecule has 9 heteroatoms. The summed E-state index contributed by atoms with van der Waals surface area (Å²) in [4.78, 5) is 3.97. The van der Waals surface area contributed by atoms with Crippen LogP contribution in [0.3, 0.4) is 0 Å². The lowest BCUT2D eigenvalue weighted by molar-refractivity contribution is 0.580. The summed E-state index contributed by atoms with van der Waals surface area (Å²) in [5, 5.41) is 4.25. The fraction of sp³-hybridized carbons (Fsp3) is 0.333. The summed E-state index contributed by atoms with van der Waals surface area (Å²) in [5.74, 6) is 5.59. The Morgan fingerprint density at radius 2 is 2.05 bits per heavy atom. The molecule has 0 aliphatic heterocycles. The Hall–Kier alpha value is -1.97. The van der Waals surface area contributed by atoms with Gasteiger partial charge in [-0.15, -0.1) is 0 Å². The zero-order valence-corrected chi connectivity index (χ0v) is 12.9. The number of nitrogens with one attached hydrogen (secondary N) is 2. The molecule has 0 atom stereocenters. The van der Waals surface area contributed by atoms with E-state index < -0.39 is 10.0 Å². The zero-order chi connectivity index (χ0) is 15.6. The molecule has 2 heterocycles. The first-order chi connectivity index (χ1) is 9.85. The number of aryl methyl sites for hydroxylation is 2. The van der Waals surface area contributed by atoms with Gasteiger partial charge < -0.3 is 5.43 Å². The number of pyridine rings is 1. The van der Waals surface area contributed by atoms with Crippen molar-refractivity contribution in [2.75, 3.05) is 5.43 Å². The molecule has 2 rings (SSSR count). The molecule has 0 radical (unpaired) electrons. The van der Waals surface area contributed by atoms with E-state index in [1.165, 1.54) is 18.3 Å². The van der Waals surface area contributed by atoms with Gasteiger partial charge in [-0.25, -0.2) is 24.0 Å². The third kappa shape index (κ3) is 3.20. The molecule has 0 spiro atoms. The first kappa shape index (κ1) is 15.4. The van der Waals surface area contributed by atoms with E-state index in [-0.39, 0.29) is 11.4 Å². The number of nitrogens with zero attached hydrogens (tertiary/aromatic N) is 3. The third-order valence-electron chi connectivity index (χ3n) is 3.29. The molecular formula is C12H18N6O2S. The van der Waals surface area contributed by atoms with Crippen LogP contribution in [-0.2, 0) is 23.6 Å². The van der Waals surface area contributed by atoms with Crippen molar-refractivity contribution >= 4 is 15.8 Å². The molecule has 0 amide bonds. The summed E-state index contributed by atoms with van der Waals surface area (Å²) >= 11 is 0. The number of sulfonamides is 1. The number of hydrazine groups is 1. The van der Waals surface area contributed by atoms with E-state index in [4.69, 9.17) is 5.84 Å². The van der Waals surface area contributed by atoms with Gasteiger partial charge in [0, 0.05) is 31.0 Å². The van der Waals surface area contributed by atoms with Crippen LogP contribution in [-0.4, -0.2) is 23.2 Å². The second-order valence-electron chi connectivity index (χ2n) is 4.62. The van der Waals surface area contributed by atoms with Gasteiger partial charge in [0.1, 0.15) is 10.7 Å². The molecule has 0 unspecified atom stereocenters. The molecule has 0 aliphatic carbocycles. The van der Waals surface area contributed by atoms with Gasteiger partial charge in [-0.3, -0.25) is 4.68 Å². The Bertz CT molecular complexity index is 736. The highest BCUT2D eigenvalue weighted by atomic mass is 32.2. The van der Waals surface area contributed by atoms with Crippen molar-refractivity contribution in [3.8, 4) is 0 Å². The maximum atomic E-state index is 12.2. The van der Waals surface area contributed by atoms with E-state index in [0.717, 1.165) is 17.0 Å². The Balaban J connectivity index is 2.17. The number of rotatable bonds is 5. The molecule has 0 saturated carbocycles. The van der Waals surface area contributed by atoms with Crippen molar-refractivity contribution in [1.82, 2.24) is 19.5 Å². The standard InChI is InChI=1S/C12H18N6O2S/c1-8-11(9(2)18(3)17-8)7-15-21(19,20)10-4-5-12(16-13)14-6-10/h4-6,15H,7,13H2,1-3H3,(H,14,16). The molecule has 0 fully saturated rings. The highest BCUT2D eigenvalue weighted by Gasteiger charge is 2.17. The maximum Gasteiger partial charge on any atom is 0.242 e. The lowest BCUT2D eigenvalue weighted by Crippen LogP contribution is -2.24. The van der Waals surface area contributed by atoms with Crippen molar-refractivity contribution < 1.29 is 8.42 Å². The van der Waals surface area contributed by atoms with E-state index in [2.05, 4.69) is 20.2 Å². The van der Waals surface area contributed by atoms with Crippen LogP contribution in [0.15, 0.2) is 23.2 Å². The molecule has 2 aromatic heterocycles. The highest BCUT2D eigenvalue weighted by molar-refractivity contribution is 7.89. The normalized spacial score (nSPS) is 11.6. The average molecular weight is 310 g/mol. The lowest BCUT2D eigenvalue weighted by Gasteiger charge is -2.07. The van der Waals surface area contributed by atoms with Crippen LogP contribution in [0.1, 0.15) is 17.0 Å². The number of hydrogen-bond donors (Lipinski definition) is 3. The smallest absolute Gasteiger partial charge is 0.242 e. The van der Waals surface area contributed by atoms with Gasteiger partial charge in [-0.1, -0.05) is 0 Å². The third-order valence-corrected chi connectivity index (χ3v) is 4.68. The van der Waals surface area contributed by atoms with E-state index >= 15 is 0 Å². The van der Waals surface area contributed by atoms with Gasteiger partial charge in [0.2, 0.25) is 10.0 Å². The maximum absolute atomic E-state index is 12.2. The number of anilines is 1. The predicted octanol–water partition coefficient (Wildman–Crippen LogP) is 0.196. The quantitative estimate of drug-likeness (QED) is 0.536. The number of hydrogen-bond acceptors (Lipinski definition) is 6. The first-order valence-electron chi connectivity index (χ1n) is 6.26. The molecule has 2 aromatic rings. The minimum atomic E-state index is -3.63. The van der Waals surface area contributed by atoms with Crippen LogP contribution in [0.2, 0.25) is 0 Å². The summed E-state index contributed by atoms with van der Waals surface area (Å²) in [6.07, 6.45) is 1.25. The van der Waals surface area contributed by atoms with Crippen molar-refractivity contribution in [2.45, 2.75) is 25.3 Å². The van der Waals surface area contributed by atoms with E-state index in [1.54, 1.807) is 4.68 Å². The van der Waals surface area contributed by atoms with Gasteiger partial charge in [0.15, 0.2) is 0 Å². The number of aromatic nitrogens is 3. The van der Waals surface area contributed by atoms with Gasteiger partial charge in [0.25, 0.3) is 0 Å². The van der Waals surface area contributed by atoms with Crippen LogP contribution in [0.5, 0.6) is 0 Å². The van der Waals surface area contributed by atoms with Crippen molar-refractivity contribution in [2.24, 2.45) is 12.9 Å². The zero-order valence-electron chi connectivity index (χ0n) is 12.1. The number of nitrogens with two attached hydrogens (primary N) is 1. The fourth-order valence-corrected chi connectivity index (χ4v) is 2.89. The van der Waals surface area contributed by atoms with Gasteiger partial charge in [-0.2, -0.15) is 5.10 Å². The molecule has 21 heavy (non-hydrogen) atoms. The lowest BCUT2D eigenvalue weighted by atomic mass is 10.2. The SMILES string of the molecule is Cc1nn(C)c(C)c1CNS(=O)(=O)c1ccc(NN)nc1. The topological polar surface area (TPSA) is 115 Å². The average Bonchev–Trinajstić information content (AvgIpc) is 2.70. The molecule has 114 valence electrons. The largest absolute Gasteiger partial charge is 0.308 e. The summed E-state index contributed by atoms with van der Waals surface area (Å²) < 4.78 is 28.7. The minimum absolute atomic E-state index is 0.0840. The van der Waals surface area contributed by atoms with E-state index in [0.29, 0.717) is 5.82 Å². The van der Waals surface area contributed by atoms with Crippen molar-refractivity contribution in [3.63, 3.8) is 0 Å². The van der Waals surface area contributed by atoms with Crippen molar-refractivity contribution in [3.05, 3.63) is 35.3 Å². The van der Waals surface area contributed by atoms with Gasteiger partial charge >= 0.3 is 0 Å². The monoisotopic (exact) mass is 310 g/mol. The summed E-state index contributed by atoms with van der Waals surface area (Å²) in [6, 6.07) is 2.93. The molecular weight excluding hydrogens is 292 g/mol. The first-order valence-corrected chi connectivity index (χ1v) is 7.75. The summed E-state index contributed by atoms with van der Waals surface area (Å²) in [7, 11) is -1.80. The number of nitrogen functional groups attached to an aromatic ring is 1. The Morgan fingerprint density at radius 1 is 1.33 bits per heavy atom. The van der Waals surface area contributed by atoms with E-state index in [9.17, 15) is 8.42 Å². The van der Waals surface area contributed by atoms with Crippen molar-refractivity contribution in [1.29, 1.82) is 0 Å². The second kappa shape index (κ2) is 5.80. The molecule has 4 N–H and O–H groups in total. The Labute approximate surface area is 123 Å². The molecule has 0 saturated heterocycles. The van der Waals surface area contributed by atoms with Crippen LogP contribution < -0.4 is 16.0 Å². The fourth-order valence-electron chi connectivity index (χ4n) is 1.95. The molecule has 8 nitrogen and oxygen atoms in total. The Kier molecular flexibility index (Phi) is 4.26. The molecule has 0 aromatic carbocycles. The van der Waals surface area contributed by atoms with Gasteiger partial charge in [-0.05, 0) is 26.0 Å². The molecule has 0 aliphatic rings. The van der Waals surface area contributed by atoms with Crippen LogP contribution >= 0.6 is 0 Å². The van der Waals surface area contributed by atoms with Crippen LogP contribution in [0.4, 0.5) is 5.82 Å². The Morgan fingerprint density at radius 3 is 2.52 bits per heavy atom. The molecule has 0 bridgehead atoms. The second-order valence-corrected chi connectivity index (χ2v) is 6.39. The highest BCUT2D eigenvalue weighted by Crippen LogP contribution is 2.14. The summed E-state index contributed by atoms with van der Waals surface area (Å²) in [5.41, 5.74) is 4.94. The minimum Gasteiger partial charge on any atom is -0.308 e.